The van der Waals surface area contributed by atoms with Crippen molar-refractivity contribution in [1.82, 2.24) is 0 Å². The average Bonchev–Trinajstić information content (AvgIpc) is 2.96. The fourth-order valence-electron chi connectivity index (χ4n) is 2.30. The topological polar surface area (TPSA) is 65.0 Å². The predicted octanol–water partition coefficient (Wildman–Crippen LogP) is 3.13. The number of rotatable bonds is 3. The lowest BCUT2D eigenvalue weighted by Gasteiger charge is -2.00. The second-order valence-electron chi connectivity index (χ2n) is 5.32. The van der Waals surface area contributed by atoms with Crippen molar-refractivity contribution < 1.29 is 19.1 Å². The number of esters is 2. The van der Waals surface area contributed by atoms with Crippen molar-refractivity contribution in [3.05, 3.63) is 76.5 Å². The number of hydrogen-bond donors (Lipinski definition) is 0. The van der Waals surface area contributed by atoms with Gasteiger partial charge >= 0.3 is 11.9 Å². The van der Waals surface area contributed by atoms with Crippen molar-refractivity contribution in [2.45, 2.75) is 6.92 Å². The largest absolute Gasteiger partial charge is 0.465 e. The Balaban J connectivity index is 1.87. The van der Waals surface area contributed by atoms with E-state index in [1.54, 1.807) is 30.3 Å². The molecule has 1 aliphatic heterocycles. The van der Waals surface area contributed by atoms with Crippen LogP contribution in [-0.4, -0.2) is 24.9 Å². The maximum absolute atomic E-state index is 12.0. The molecule has 0 unspecified atom stereocenters. The van der Waals surface area contributed by atoms with Crippen LogP contribution in [0.3, 0.4) is 0 Å². The molecular weight excluding hydrogens is 306 g/mol. The summed E-state index contributed by atoms with van der Waals surface area (Å²) in [7, 11) is 1.33. The molecule has 0 aliphatic carbocycles. The molecule has 0 aromatic heterocycles. The summed E-state index contributed by atoms with van der Waals surface area (Å²) in [6.45, 7) is 1.96. The van der Waals surface area contributed by atoms with Gasteiger partial charge in [-0.3, -0.25) is 0 Å². The molecular formula is C19H15NO4. The van der Waals surface area contributed by atoms with Crippen LogP contribution in [0, 0.1) is 6.92 Å². The summed E-state index contributed by atoms with van der Waals surface area (Å²) in [5, 5.41) is 0. The number of aryl methyl sites for hydroxylation is 1. The zero-order chi connectivity index (χ0) is 17.1. The van der Waals surface area contributed by atoms with E-state index in [9.17, 15) is 9.59 Å². The number of carbonyl (C=O) groups is 2. The van der Waals surface area contributed by atoms with Crippen LogP contribution in [0.15, 0.2) is 59.2 Å². The van der Waals surface area contributed by atoms with Gasteiger partial charge in [0, 0.05) is 5.56 Å². The molecule has 0 atom stereocenters. The lowest BCUT2D eigenvalue weighted by Crippen LogP contribution is -2.05. The number of aliphatic imine (C=N–C) groups is 1. The van der Waals surface area contributed by atoms with Crippen molar-refractivity contribution in [3.8, 4) is 0 Å². The van der Waals surface area contributed by atoms with Gasteiger partial charge in [0.05, 0.1) is 12.7 Å². The van der Waals surface area contributed by atoms with Gasteiger partial charge in [-0.05, 0) is 42.8 Å². The zero-order valence-corrected chi connectivity index (χ0v) is 13.3. The first-order chi connectivity index (χ1) is 11.6. The highest BCUT2D eigenvalue weighted by atomic mass is 16.6. The van der Waals surface area contributed by atoms with E-state index in [0.29, 0.717) is 11.5 Å². The quantitative estimate of drug-likeness (QED) is 0.643. The Morgan fingerprint density at radius 2 is 1.92 bits per heavy atom. The minimum Gasteiger partial charge on any atom is -0.465 e. The number of carbonyl (C=O) groups excluding carboxylic acids is 2. The van der Waals surface area contributed by atoms with Gasteiger partial charge in [-0.2, -0.15) is 0 Å². The number of methoxy groups -OCH3 is 1. The summed E-state index contributed by atoms with van der Waals surface area (Å²) in [6.07, 6.45) is 1.62. The van der Waals surface area contributed by atoms with E-state index in [-0.39, 0.29) is 5.70 Å². The Hall–Kier alpha value is -3.21. The zero-order valence-electron chi connectivity index (χ0n) is 13.3. The fourth-order valence-corrected chi connectivity index (χ4v) is 2.30. The van der Waals surface area contributed by atoms with E-state index in [2.05, 4.69) is 9.73 Å². The molecule has 120 valence electrons. The normalized spacial score (nSPS) is 15.2. The number of hydrogen-bond acceptors (Lipinski definition) is 5. The molecule has 0 radical (unpaired) electrons. The van der Waals surface area contributed by atoms with Gasteiger partial charge in [0.25, 0.3) is 0 Å². The van der Waals surface area contributed by atoms with Crippen LogP contribution in [0.25, 0.3) is 6.08 Å². The Kier molecular flexibility index (Phi) is 4.24. The fraction of sp³-hybridized carbons (Fsp3) is 0.105. The van der Waals surface area contributed by atoms with Crippen molar-refractivity contribution in [1.29, 1.82) is 0 Å². The van der Waals surface area contributed by atoms with Crippen molar-refractivity contribution in [2.24, 2.45) is 4.99 Å². The first-order valence-corrected chi connectivity index (χ1v) is 7.35. The first-order valence-electron chi connectivity index (χ1n) is 7.35. The smallest absolute Gasteiger partial charge is 0.363 e. The molecule has 5 nitrogen and oxygen atoms in total. The van der Waals surface area contributed by atoms with E-state index in [4.69, 9.17) is 4.74 Å². The standard InChI is InChI=1S/C19H15NO4/c1-12-4-3-5-15(10-12)17-20-16(19(22)24-17)11-13-6-8-14(9-7-13)18(21)23-2/h3-11H,1-2H3. The maximum atomic E-state index is 12.0. The van der Waals surface area contributed by atoms with Gasteiger partial charge in [-0.25, -0.2) is 14.6 Å². The Labute approximate surface area is 139 Å². The van der Waals surface area contributed by atoms with Crippen molar-refractivity contribution >= 4 is 23.9 Å². The Morgan fingerprint density at radius 1 is 1.17 bits per heavy atom. The van der Waals surface area contributed by atoms with Gasteiger partial charge < -0.3 is 9.47 Å². The Morgan fingerprint density at radius 3 is 2.58 bits per heavy atom. The van der Waals surface area contributed by atoms with Crippen LogP contribution in [0.2, 0.25) is 0 Å². The highest BCUT2D eigenvalue weighted by molar-refractivity contribution is 6.12. The van der Waals surface area contributed by atoms with Gasteiger partial charge in [0.1, 0.15) is 0 Å². The highest BCUT2D eigenvalue weighted by Gasteiger charge is 2.24. The van der Waals surface area contributed by atoms with Crippen LogP contribution in [-0.2, 0) is 14.3 Å². The molecule has 2 aromatic carbocycles. The predicted molar refractivity (Wildman–Crippen MR) is 89.6 cm³/mol. The minimum absolute atomic E-state index is 0.220. The van der Waals surface area contributed by atoms with Gasteiger partial charge in [0.15, 0.2) is 5.70 Å². The van der Waals surface area contributed by atoms with Gasteiger partial charge in [0.2, 0.25) is 5.90 Å². The van der Waals surface area contributed by atoms with Crippen LogP contribution in [0.1, 0.15) is 27.0 Å². The molecule has 1 aliphatic rings. The summed E-state index contributed by atoms with van der Waals surface area (Å²) < 4.78 is 9.88. The van der Waals surface area contributed by atoms with E-state index in [1.165, 1.54) is 7.11 Å². The molecule has 0 amide bonds. The van der Waals surface area contributed by atoms with Crippen LogP contribution in [0.4, 0.5) is 0 Å². The third kappa shape index (κ3) is 3.25. The van der Waals surface area contributed by atoms with E-state index in [1.807, 2.05) is 31.2 Å². The maximum Gasteiger partial charge on any atom is 0.363 e. The second kappa shape index (κ2) is 6.50. The summed E-state index contributed by atoms with van der Waals surface area (Å²) in [4.78, 5) is 27.7. The second-order valence-corrected chi connectivity index (χ2v) is 5.32. The van der Waals surface area contributed by atoms with Crippen molar-refractivity contribution in [3.63, 3.8) is 0 Å². The third-order valence-electron chi connectivity index (χ3n) is 3.52. The van der Waals surface area contributed by atoms with Gasteiger partial charge in [-0.1, -0.05) is 29.8 Å². The molecule has 0 bridgehead atoms. The monoisotopic (exact) mass is 321 g/mol. The number of benzene rings is 2. The summed E-state index contributed by atoms with van der Waals surface area (Å²) in [5.41, 5.74) is 3.22. The number of cyclic esters (lactones) is 1. The molecule has 0 spiro atoms. The lowest BCUT2D eigenvalue weighted by molar-refractivity contribution is -0.129. The molecule has 0 fully saturated rings. The third-order valence-corrected chi connectivity index (χ3v) is 3.52. The minimum atomic E-state index is -0.497. The highest BCUT2D eigenvalue weighted by Crippen LogP contribution is 2.20. The average molecular weight is 321 g/mol. The molecule has 0 N–H and O–H groups in total. The molecule has 0 saturated heterocycles. The molecule has 3 rings (SSSR count). The summed E-state index contributed by atoms with van der Waals surface area (Å²) in [5.74, 6) is -0.612. The van der Waals surface area contributed by atoms with Crippen LogP contribution in [0.5, 0.6) is 0 Å². The number of ether oxygens (including phenoxy) is 2. The molecule has 0 saturated carbocycles. The molecule has 24 heavy (non-hydrogen) atoms. The first kappa shape index (κ1) is 15.7. The van der Waals surface area contributed by atoms with E-state index in [0.717, 1.165) is 16.7 Å². The molecule has 2 aromatic rings. The van der Waals surface area contributed by atoms with Crippen molar-refractivity contribution in [2.75, 3.05) is 7.11 Å². The van der Waals surface area contributed by atoms with E-state index >= 15 is 0 Å². The number of nitrogens with zero attached hydrogens (tertiary/aromatic N) is 1. The van der Waals surface area contributed by atoms with Crippen LogP contribution < -0.4 is 0 Å². The van der Waals surface area contributed by atoms with Gasteiger partial charge in [-0.15, -0.1) is 0 Å². The van der Waals surface area contributed by atoms with E-state index < -0.39 is 11.9 Å². The van der Waals surface area contributed by atoms with Crippen LogP contribution >= 0.6 is 0 Å². The SMILES string of the molecule is COC(=O)c1ccc(C=C2N=C(c3cccc(C)c3)OC2=O)cc1. The summed E-state index contributed by atoms with van der Waals surface area (Å²) in [6, 6.07) is 14.3. The Bertz CT molecular complexity index is 863. The molecule has 5 heteroatoms. The molecule has 1 heterocycles. The summed E-state index contributed by atoms with van der Waals surface area (Å²) >= 11 is 0. The lowest BCUT2D eigenvalue weighted by atomic mass is 10.1.